The second kappa shape index (κ2) is 4.43. The average molecular weight is 293 g/mol. The number of nitrogens with one attached hydrogen (secondary N) is 1. The van der Waals surface area contributed by atoms with Crippen LogP contribution >= 0.6 is 23.6 Å². The van der Waals surface area contributed by atoms with E-state index in [9.17, 15) is 4.79 Å². The number of aromatic nitrogens is 3. The summed E-state index contributed by atoms with van der Waals surface area (Å²) in [6.07, 6.45) is 0. The summed E-state index contributed by atoms with van der Waals surface area (Å²) in [5, 5.41) is 5.76. The molecule has 7 heteroatoms. The van der Waals surface area contributed by atoms with Crippen LogP contribution in [-0.4, -0.2) is 14.7 Å². The van der Waals surface area contributed by atoms with Crippen molar-refractivity contribution in [1.82, 2.24) is 14.7 Å². The number of hydrogen-bond donors (Lipinski definition) is 1. The first-order chi connectivity index (χ1) is 9.08. The Labute approximate surface area is 117 Å². The fourth-order valence-electron chi connectivity index (χ4n) is 2.00. The highest BCUT2D eigenvalue weighted by molar-refractivity contribution is 7.71. The molecule has 0 bridgehead atoms. The molecule has 5 nitrogen and oxygen atoms in total. The minimum absolute atomic E-state index is 0.0752. The van der Waals surface area contributed by atoms with Crippen LogP contribution in [0.1, 0.15) is 17.0 Å². The Kier molecular flexibility index (Phi) is 2.87. The number of aryl methyl sites for hydroxylation is 2. The molecule has 19 heavy (non-hydrogen) atoms. The maximum Gasteiger partial charge on any atom is 0.272 e. The maximum absolute atomic E-state index is 12.4. The molecule has 3 aromatic rings. The third-order valence-electron chi connectivity index (χ3n) is 3.09. The van der Waals surface area contributed by atoms with Crippen LogP contribution in [0.25, 0.3) is 10.2 Å². The lowest BCUT2D eigenvalue weighted by Crippen LogP contribution is -2.22. The highest BCUT2D eigenvalue weighted by atomic mass is 32.1. The molecular formula is C12H11N3O2S2. The Balaban J connectivity index is 2.21. The minimum Gasteiger partial charge on any atom is -0.361 e. The van der Waals surface area contributed by atoms with Crippen molar-refractivity contribution in [2.45, 2.75) is 20.4 Å². The molecule has 0 aliphatic rings. The van der Waals surface area contributed by atoms with Crippen molar-refractivity contribution in [3.05, 3.63) is 43.6 Å². The van der Waals surface area contributed by atoms with Gasteiger partial charge in [0, 0.05) is 5.56 Å². The van der Waals surface area contributed by atoms with Gasteiger partial charge < -0.3 is 9.51 Å². The van der Waals surface area contributed by atoms with Gasteiger partial charge in [-0.2, -0.15) is 0 Å². The monoisotopic (exact) mass is 293 g/mol. The summed E-state index contributed by atoms with van der Waals surface area (Å²) in [5.74, 6) is 0.713. The molecule has 0 saturated heterocycles. The Hall–Kier alpha value is -1.73. The molecule has 0 aliphatic carbocycles. The van der Waals surface area contributed by atoms with Crippen molar-refractivity contribution in [2.24, 2.45) is 0 Å². The van der Waals surface area contributed by atoms with Crippen molar-refractivity contribution in [3.8, 4) is 0 Å². The molecule has 0 amide bonds. The molecule has 1 N–H and O–H groups in total. The van der Waals surface area contributed by atoms with E-state index in [1.54, 1.807) is 4.57 Å². The van der Waals surface area contributed by atoms with Gasteiger partial charge in [0.2, 0.25) is 0 Å². The van der Waals surface area contributed by atoms with E-state index in [-0.39, 0.29) is 5.56 Å². The van der Waals surface area contributed by atoms with Gasteiger partial charge in [-0.15, -0.1) is 11.3 Å². The third-order valence-corrected chi connectivity index (χ3v) is 4.31. The molecule has 3 rings (SSSR count). The molecular weight excluding hydrogens is 282 g/mol. The predicted octanol–water partition coefficient (Wildman–Crippen LogP) is 2.77. The summed E-state index contributed by atoms with van der Waals surface area (Å²) in [4.78, 5) is 15.5. The van der Waals surface area contributed by atoms with Crippen LogP contribution in [0.4, 0.5) is 0 Å². The molecule has 0 spiro atoms. The third kappa shape index (κ3) is 1.95. The number of aromatic amines is 1. The van der Waals surface area contributed by atoms with Crippen LogP contribution < -0.4 is 5.56 Å². The Bertz CT molecular complexity index is 850. The zero-order valence-corrected chi connectivity index (χ0v) is 12.0. The van der Waals surface area contributed by atoms with Crippen molar-refractivity contribution >= 4 is 33.8 Å². The van der Waals surface area contributed by atoms with Crippen molar-refractivity contribution < 1.29 is 4.52 Å². The minimum atomic E-state index is -0.0752. The number of hydrogen-bond acceptors (Lipinski definition) is 5. The summed E-state index contributed by atoms with van der Waals surface area (Å²) in [6, 6.07) is 1.86. The van der Waals surface area contributed by atoms with Gasteiger partial charge in [0.25, 0.3) is 5.56 Å². The van der Waals surface area contributed by atoms with E-state index in [1.165, 1.54) is 11.3 Å². The summed E-state index contributed by atoms with van der Waals surface area (Å²) < 4.78 is 7.75. The first-order valence-electron chi connectivity index (χ1n) is 5.70. The molecule has 0 saturated carbocycles. The fraction of sp³-hybridized carbons (Fsp3) is 0.250. The number of H-pyrrole nitrogens is 1. The van der Waals surface area contributed by atoms with Crippen LogP contribution in [0.15, 0.2) is 20.8 Å². The van der Waals surface area contributed by atoms with Gasteiger partial charge in [-0.3, -0.25) is 9.36 Å². The van der Waals surface area contributed by atoms with Crippen LogP contribution in [0.2, 0.25) is 0 Å². The first-order valence-corrected chi connectivity index (χ1v) is 6.99. The lowest BCUT2D eigenvalue weighted by atomic mass is 10.2. The van der Waals surface area contributed by atoms with E-state index < -0.39 is 0 Å². The van der Waals surface area contributed by atoms with Crippen molar-refractivity contribution in [1.29, 1.82) is 0 Å². The van der Waals surface area contributed by atoms with Crippen molar-refractivity contribution in [3.63, 3.8) is 0 Å². The zero-order valence-electron chi connectivity index (χ0n) is 10.4. The van der Waals surface area contributed by atoms with Gasteiger partial charge >= 0.3 is 0 Å². The standard InChI is InChI=1S/C12H11N3O2S2/c1-6-8(7(2)17-14-6)5-15-11(16)10-9(3-4-19-10)13-12(15)18/h3-4H,5H2,1-2H3,(H,13,18). The van der Waals surface area contributed by atoms with Gasteiger partial charge in [-0.1, -0.05) is 5.16 Å². The topological polar surface area (TPSA) is 63.8 Å². The lowest BCUT2D eigenvalue weighted by Gasteiger charge is -2.05. The largest absolute Gasteiger partial charge is 0.361 e. The number of nitrogens with zero attached hydrogens (tertiary/aromatic N) is 2. The maximum atomic E-state index is 12.4. The molecule has 0 unspecified atom stereocenters. The summed E-state index contributed by atoms with van der Waals surface area (Å²) in [6.45, 7) is 4.06. The van der Waals surface area contributed by atoms with E-state index in [2.05, 4.69) is 10.1 Å². The number of thiophene rings is 1. The second-order valence-corrected chi connectivity index (χ2v) is 5.59. The van der Waals surface area contributed by atoms with Crippen LogP contribution in [0, 0.1) is 18.6 Å². The Morgan fingerprint density at radius 2 is 2.32 bits per heavy atom. The van der Waals surface area contributed by atoms with E-state index in [0.717, 1.165) is 16.8 Å². The molecule has 0 atom stereocenters. The van der Waals surface area contributed by atoms with Crippen LogP contribution in [-0.2, 0) is 6.54 Å². The molecule has 3 aromatic heterocycles. The van der Waals surface area contributed by atoms with Crippen LogP contribution in [0.3, 0.4) is 0 Å². The number of rotatable bonds is 2. The summed E-state index contributed by atoms with van der Waals surface area (Å²) >= 11 is 6.66. The predicted molar refractivity (Wildman–Crippen MR) is 76.3 cm³/mol. The van der Waals surface area contributed by atoms with E-state index in [0.29, 0.717) is 21.8 Å². The molecule has 0 radical (unpaired) electrons. The molecule has 0 fully saturated rings. The second-order valence-electron chi connectivity index (χ2n) is 4.29. The Morgan fingerprint density at radius 1 is 1.53 bits per heavy atom. The van der Waals surface area contributed by atoms with Gasteiger partial charge in [0.15, 0.2) is 4.77 Å². The Morgan fingerprint density at radius 3 is 3.00 bits per heavy atom. The summed E-state index contributed by atoms with van der Waals surface area (Å²) in [7, 11) is 0. The van der Waals surface area contributed by atoms with E-state index in [4.69, 9.17) is 16.7 Å². The molecule has 3 heterocycles. The van der Waals surface area contributed by atoms with Gasteiger partial charge in [0.05, 0.1) is 17.8 Å². The van der Waals surface area contributed by atoms with Gasteiger partial charge in [-0.25, -0.2) is 0 Å². The zero-order chi connectivity index (χ0) is 13.6. The number of fused-ring (bicyclic) bond motifs is 1. The highest BCUT2D eigenvalue weighted by Gasteiger charge is 2.13. The first kappa shape index (κ1) is 12.3. The molecule has 98 valence electrons. The van der Waals surface area contributed by atoms with Crippen molar-refractivity contribution in [2.75, 3.05) is 0 Å². The highest BCUT2D eigenvalue weighted by Crippen LogP contribution is 2.16. The quantitative estimate of drug-likeness (QED) is 0.738. The molecule has 0 aromatic carbocycles. The molecule has 0 aliphatic heterocycles. The summed E-state index contributed by atoms with van der Waals surface area (Å²) in [5.41, 5.74) is 2.39. The van der Waals surface area contributed by atoms with Crippen LogP contribution in [0.5, 0.6) is 0 Å². The lowest BCUT2D eigenvalue weighted by molar-refractivity contribution is 0.392. The fourth-order valence-corrected chi connectivity index (χ4v) is 3.05. The van der Waals surface area contributed by atoms with E-state index >= 15 is 0 Å². The average Bonchev–Trinajstić information content (AvgIpc) is 2.94. The van der Waals surface area contributed by atoms with Gasteiger partial charge in [-0.05, 0) is 37.5 Å². The van der Waals surface area contributed by atoms with Gasteiger partial charge in [0.1, 0.15) is 10.5 Å². The van der Waals surface area contributed by atoms with E-state index in [1.807, 2.05) is 25.3 Å². The SMILES string of the molecule is Cc1noc(C)c1Cn1c(=S)[nH]c2ccsc2c1=O. The smallest absolute Gasteiger partial charge is 0.272 e. The normalized spacial score (nSPS) is 11.3.